The molecule has 0 aromatic heterocycles. The third kappa shape index (κ3) is 6.26. The van der Waals surface area contributed by atoms with E-state index < -0.39 is 16.1 Å². The van der Waals surface area contributed by atoms with Gasteiger partial charge >= 0.3 is 0 Å². The van der Waals surface area contributed by atoms with Crippen molar-refractivity contribution in [1.82, 2.24) is 5.32 Å². The van der Waals surface area contributed by atoms with Gasteiger partial charge in [-0.2, -0.15) is 0 Å². The fraction of sp³-hybridized carbons (Fsp3) is 0.136. The lowest BCUT2D eigenvalue weighted by Crippen LogP contribution is -2.71. The number of hydrogen-bond acceptors (Lipinski definition) is 4. The average Bonchev–Trinajstić information content (AvgIpc) is 3.38. The Labute approximate surface area is 384 Å². The van der Waals surface area contributed by atoms with Gasteiger partial charge in [0.05, 0.1) is 5.71 Å². The molecule has 0 saturated heterocycles. The maximum atomic E-state index is 7.32. The fourth-order valence-electron chi connectivity index (χ4n) is 11.7. The predicted octanol–water partition coefficient (Wildman–Crippen LogP) is 9.29. The van der Waals surface area contributed by atoms with Gasteiger partial charge in [0.15, 0.2) is 16.1 Å². The van der Waals surface area contributed by atoms with Crippen LogP contribution in [0.1, 0.15) is 37.3 Å². The highest BCUT2D eigenvalue weighted by molar-refractivity contribution is 7.17. The van der Waals surface area contributed by atoms with Crippen molar-refractivity contribution in [3.63, 3.8) is 0 Å². The van der Waals surface area contributed by atoms with E-state index >= 15 is 0 Å². The van der Waals surface area contributed by atoms with Gasteiger partial charge < -0.3 is 14.8 Å². The standard InChI is InChI=1S/C59H50N2O2Si2/c1-41-22-14-15-31-46(41)59-60-49(47-32-20-38-55-57(47)62-51-34-16-18-36-53(51)64(55,42-23-6-2-7-24-42)43-25-8-3-9-26-43)40-50(61-59)48-33-21-39-56-58(48)63-52-35-17-19-37-54(52)65(56,44-27-10-4-11-28-44)45-29-12-5-13-30-45/h2-16,18-25,27-34,36-41,43,46,59,61H,17,26,35H2,1H3. The zero-order chi connectivity index (χ0) is 43.4. The summed E-state index contributed by atoms with van der Waals surface area (Å²) < 4.78 is 14.6. The Hall–Kier alpha value is -7.00. The predicted molar refractivity (Wildman–Crippen MR) is 273 cm³/mol. The van der Waals surface area contributed by atoms with Crippen LogP contribution in [0.2, 0.25) is 5.54 Å². The van der Waals surface area contributed by atoms with Gasteiger partial charge in [-0.25, -0.2) is 0 Å². The van der Waals surface area contributed by atoms with E-state index in [2.05, 4.69) is 231 Å². The van der Waals surface area contributed by atoms with Crippen molar-refractivity contribution in [2.45, 2.75) is 37.9 Å². The second kappa shape index (κ2) is 16.2. The van der Waals surface area contributed by atoms with Crippen LogP contribution in [-0.4, -0.2) is 28.0 Å². The molecule has 12 rings (SSSR count). The Bertz CT molecular complexity index is 3050. The molecule has 6 aromatic carbocycles. The molecule has 6 heteroatoms. The Morgan fingerprint density at radius 1 is 0.585 bits per heavy atom. The molecular formula is C59H50N2O2Si2. The fourth-order valence-corrected chi connectivity index (χ4v) is 22.3. The molecule has 0 radical (unpaired) electrons. The minimum Gasteiger partial charge on any atom is -0.461 e. The molecule has 0 amide bonds. The zero-order valence-electron chi connectivity index (χ0n) is 36.5. The summed E-state index contributed by atoms with van der Waals surface area (Å²) in [7, 11) is -5.59. The number of rotatable bonds is 7. The van der Waals surface area contributed by atoms with Crippen LogP contribution in [0.3, 0.4) is 0 Å². The number of ether oxygens (including phenoxy) is 2. The molecule has 5 atom stereocenters. The molecule has 0 bridgehead atoms. The van der Waals surface area contributed by atoms with E-state index in [4.69, 9.17) is 14.5 Å². The molecule has 316 valence electrons. The molecule has 5 unspecified atom stereocenters. The topological polar surface area (TPSA) is 42.9 Å². The molecule has 6 aromatic rings. The lowest BCUT2D eigenvalue weighted by atomic mass is 9.86. The normalized spacial score (nSPS) is 24.3. The van der Waals surface area contributed by atoms with Gasteiger partial charge in [-0.05, 0) is 84.9 Å². The number of para-hydroxylation sites is 3. The third-order valence-electron chi connectivity index (χ3n) is 14.6. The van der Waals surface area contributed by atoms with Crippen LogP contribution in [0.15, 0.2) is 234 Å². The minimum absolute atomic E-state index is 0.122. The highest BCUT2D eigenvalue weighted by Crippen LogP contribution is 2.43. The summed E-state index contributed by atoms with van der Waals surface area (Å²) in [5.41, 5.74) is 4.28. The average molecular weight is 875 g/mol. The van der Waals surface area contributed by atoms with Crippen molar-refractivity contribution < 1.29 is 9.47 Å². The molecule has 4 nitrogen and oxygen atoms in total. The van der Waals surface area contributed by atoms with Gasteiger partial charge in [0.1, 0.15) is 29.2 Å². The van der Waals surface area contributed by atoms with E-state index in [0.29, 0.717) is 5.54 Å². The first-order valence-electron chi connectivity index (χ1n) is 23.2. The van der Waals surface area contributed by atoms with Crippen LogP contribution >= 0.6 is 0 Å². The number of benzene rings is 6. The summed E-state index contributed by atoms with van der Waals surface area (Å²) in [5.74, 6) is 4.28. The summed E-state index contributed by atoms with van der Waals surface area (Å²) >= 11 is 0. The van der Waals surface area contributed by atoms with Crippen molar-refractivity contribution in [3.05, 3.63) is 241 Å². The van der Waals surface area contributed by atoms with Crippen molar-refractivity contribution in [1.29, 1.82) is 0 Å². The van der Waals surface area contributed by atoms with E-state index in [0.717, 1.165) is 64.8 Å². The van der Waals surface area contributed by atoms with E-state index in [1.54, 1.807) is 0 Å². The van der Waals surface area contributed by atoms with Gasteiger partial charge in [0.2, 0.25) is 0 Å². The van der Waals surface area contributed by atoms with E-state index in [9.17, 15) is 0 Å². The van der Waals surface area contributed by atoms with Crippen LogP contribution in [0.4, 0.5) is 0 Å². The van der Waals surface area contributed by atoms with Crippen LogP contribution in [-0.2, 0) is 0 Å². The van der Waals surface area contributed by atoms with Gasteiger partial charge in [0, 0.05) is 29.2 Å². The number of nitrogens with zero attached hydrogens (tertiary/aromatic N) is 1. The van der Waals surface area contributed by atoms with Crippen LogP contribution in [0.25, 0.3) is 5.70 Å². The van der Waals surface area contributed by atoms with Gasteiger partial charge in [-0.15, -0.1) is 0 Å². The lowest BCUT2D eigenvalue weighted by Gasteiger charge is -2.44. The first-order valence-corrected chi connectivity index (χ1v) is 27.3. The second-order valence-corrected chi connectivity index (χ2v) is 25.8. The second-order valence-electron chi connectivity index (χ2n) is 18.0. The summed E-state index contributed by atoms with van der Waals surface area (Å²) in [6.45, 7) is 2.30. The van der Waals surface area contributed by atoms with Gasteiger partial charge in [-0.3, -0.25) is 4.99 Å². The number of aliphatic imine (C=N–C) groups is 1. The van der Waals surface area contributed by atoms with Gasteiger partial charge in [0.25, 0.3) is 0 Å². The van der Waals surface area contributed by atoms with E-state index in [1.165, 1.54) is 36.3 Å². The number of nitrogens with one attached hydrogen (secondary N) is 1. The summed E-state index contributed by atoms with van der Waals surface area (Å²) in [6.07, 6.45) is 27.7. The van der Waals surface area contributed by atoms with Gasteiger partial charge in [-0.1, -0.05) is 201 Å². The number of allylic oxidation sites excluding steroid dienone is 12. The van der Waals surface area contributed by atoms with Crippen molar-refractivity contribution in [2.75, 3.05) is 0 Å². The quantitative estimate of drug-likeness (QED) is 0.163. The summed E-state index contributed by atoms with van der Waals surface area (Å²) in [5, 5.41) is 13.3. The molecule has 1 N–H and O–H groups in total. The molecule has 3 aliphatic heterocycles. The van der Waals surface area contributed by atoms with Crippen LogP contribution < -0.4 is 45.9 Å². The minimum atomic E-state index is -2.84. The number of fused-ring (bicyclic) bond motifs is 3. The van der Waals surface area contributed by atoms with E-state index in [-0.39, 0.29) is 18.0 Å². The Balaban J connectivity index is 1.09. The SMILES string of the molecule is CC1C=CC=CC1C1N=C(c2cccc3c2Oc2ccccc2[Si]3(c2ccccc2)C2C=CC=CC2)C=C(c2cccc3c2OC2=C(C=CCC2)[Si]3(c2ccccc2)c2ccccc2)N1. The zero-order valence-corrected chi connectivity index (χ0v) is 38.5. The van der Waals surface area contributed by atoms with Crippen molar-refractivity contribution >= 4 is 58.7 Å². The lowest BCUT2D eigenvalue weighted by molar-refractivity contribution is 0.386. The molecule has 0 spiro atoms. The Kier molecular flexibility index (Phi) is 9.87. The van der Waals surface area contributed by atoms with Crippen molar-refractivity contribution in [2.24, 2.45) is 16.8 Å². The Morgan fingerprint density at radius 2 is 1.23 bits per heavy atom. The summed E-state index contributed by atoms with van der Waals surface area (Å²) in [4.78, 5) is 5.70. The Morgan fingerprint density at radius 3 is 1.97 bits per heavy atom. The maximum Gasteiger partial charge on any atom is 0.187 e. The monoisotopic (exact) mass is 874 g/mol. The van der Waals surface area contributed by atoms with Crippen LogP contribution in [0.5, 0.6) is 17.2 Å². The third-order valence-corrected chi connectivity index (χ3v) is 24.7. The molecule has 0 fully saturated rings. The summed E-state index contributed by atoms with van der Waals surface area (Å²) in [6, 6.07) is 56.1. The molecule has 3 heterocycles. The molecule has 3 aliphatic carbocycles. The molecule has 65 heavy (non-hydrogen) atoms. The van der Waals surface area contributed by atoms with E-state index in [1.807, 2.05) is 0 Å². The smallest absolute Gasteiger partial charge is 0.187 e. The molecule has 0 saturated carbocycles. The highest BCUT2D eigenvalue weighted by Gasteiger charge is 2.52. The highest BCUT2D eigenvalue weighted by atomic mass is 28.3. The van der Waals surface area contributed by atoms with Crippen LogP contribution in [0, 0.1) is 11.8 Å². The first-order chi connectivity index (χ1) is 32.2. The largest absolute Gasteiger partial charge is 0.461 e. The maximum absolute atomic E-state index is 7.32. The number of hydrogen-bond donors (Lipinski definition) is 1. The first kappa shape index (κ1) is 39.6. The molecular weight excluding hydrogens is 825 g/mol. The molecule has 6 aliphatic rings. The van der Waals surface area contributed by atoms with Crippen molar-refractivity contribution in [3.8, 4) is 17.2 Å².